The Hall–Kier alpha value is -1.95. The Morgan fingerprint density at radius 1 is 1.50 bits per heavy atom. The van der Waals surface area contributed by atoms with Gasteiger partial charge in [-0.05, 0) is 19.1 Å². The standard InChI is InChI=1S/C14H17N3O2S/c1-10(20-14-15-7-8-17(14)2)13(18)16-11-5-4-6-12(9-11)19-3/h4-10H,1-3H3,(H,16,18). The number of thioether (sulfide) groups is 1. The van der Waals surface area contributed by atoms with Gasteiger partial charge in [0.25, 0.3) is 0 Å². The molecule has 0 bridgehead atoms. The van der Waals surface area contributed by atoms with E-state index in [0.29, 0.717) is 5.75 Å². The van der Waals surface area contributed by atoms with Gasteiger partial charge in [0.05, 0.1) is 12.4 Å². The molecule has 0 radical (unpaired) electrons. The molecule has 5 nitrogen and oxygen atoms in total. The molecule has 1 heterocycles. The van der Waals surface area contributed by atoms with E-state index >= 15 is 0 Å². The highest BCUT2D eigenvalue weighted by atomic mass is 32.2. The largest absolute Gasteiger partial charge is 0.497 e. The molecule has 0 aliphatic rings. The number of aryl methyl sites for hydroxylation is 1. The van der Waals surface area contributed by atoms with Crippen molar-refractivity contribution in [3.05, 3.63) is 36.7 Å². The number of anilines is 1. The van der Waals surface area contributed by atoms with Gasteiger partial charge in [-0.25, -0.2) is 4.98 Å². The Morgan fingerprint density at radius 3 is 2.95 bits per heavy atom. The molecule has 6 heteroatoms. The lowest BCUT2D eigenvalue weighted by molar-refractivity contribution is -0.115. The second-order valence-electron chi connectivity index (χ2n) is 4.30. The third-order valence-electron chi connectivity index (χ3n) is 2.77. The van der Waals surface area contributed by atoms with E-state index in [1.807, 2.05) is 42.9 Å². The number of aromatic nitrogens is 2. The lowest BCUT2D eigenvalue weighted by atomic mass is 10.3. The zero-order valence-electron chi connectivity index (χ0n) is 11.7. The number of nitrogens with one attached hydrogen (secondary N) is 1. The van der Waals surface area contributed by atoms with Crippen molar-refractivity contribution in [1.29, 1.82) is 0 Å². The Bertz CT molecular complexity index is 598. The zero-order chi connectivity index (χ0) is 14.5. The van der Waals surface area contributed by atoms with Crippen molar-refractivity contribution in [1.82, 2.24) is 9.55 Å². The lowest BCUT2D eigenvalue weighted by Crippen LogP contribution is -2.22. The van der Waals surface area contributed by atoms with Crippen LogP contribution in [-0.2, 0) is 11.8 Å². The van der Waals surface area contributed by atoms with Crippen LogP contribution in [0.25, 0.3) is 0 Å². The van der Waals surface area contributed by atoms with Crippen molar-refractivity contribution in [3.8, 4) is 5.75 Å². The second kappa shape index (κ2) is 6.47. The van der Waals surface area contributed by atoms with Crippen molar-refractivity contribution in [3.63, 3.8) is 0 Å². The van der Waals surface area contributed by atoms with Gasteiger partial charge in [-0.1, -0.05) is 17.8 Å². The Kier molecular flexibility index (Phi) is 4.68. The zero-order valence-corrected chi connectivity index (χ0v) is 12.5. The molecule has 0 saturated carbocycles. The fourth-order valence-electron chi connectivity index (χ4n) is 1.62. The van der Waals surface area contributed by atoms with Gasteiger partial charge in [-0.15, -0.1) is 0 Å². The number of carbonyl (C=O) groups is 1. The van der Waals surface area contributed by atoms with E-state index in [4.69, 9.17) is 4.74 Å². The van der Waals surface area contributed by atoms with Gasteiger partial charge >= 0.3 is 0 Å². The number of carbonyl (C=O) groups excluding carboxylic acids is 1. The predicted octanol–water partition coefficient (Wildman–Crippen LogP) is 2.55. The van der Waals surface area contributed by atoms with Gasteiger partial charge in [-0.2, -0.15) is 0 Å². The minimum Gasteiger partial charge on any atom is -0.497 e. The van der Waals surface area contributed by atoms with Crippen LogP contribution in [0.5, 0.6) is 5.75 Å². The Labute approximate surface area is 122 Å². The summed E-state index contributed by atoms with van der Waals surface area (Å²) in [5, 5.41) is 3.46. The molecule has 0 saturated heterocycles. The first-order valence-corrected chi connectivity index (χ1v) is 7.07. The van der Waals surface area contributed by atoms with E-state index < -0.39 is 0 Å². The van der Waals surface area contributed by atoms with Crippen molar-refractivity contribution < 1.29 is 9.53 Å². The summed E-state index contributed by atoms with van der Waals surface area (Å²) >= 11 is 1.42. The molecule has 0 aliphatic carbocycles. The summed E-state index contributed by atoms with van der Waals surface area (Å²) < 4.78 is 7.02. The molecule has 2 rings (SSSR count). The topological polar surface area (TPSA) is 56.1 Å². The number of ether oxygens (including phenoxy) is 1. The molecule has 1 aromatic carbocycles. The number of hydrogen-bond acceptors (Lipinski definition) is 4. The molecule has 0 fully saturated rings. The van der Waals surface area contributed by atoms with Crippen LogP contribution in [0, 0.1) is 0 Å². The fourth-order valence-corrected chi connectivity index (χ4v) is 2.45. The Balaban J connectivity index is 1.98. The molecule has 1 aromatic heterocycles. The second-order valence-corrected chi connectivity index (χ2v) is 5.61. The molecule has 0 aliphatic heterocycles. The number of imidazole rings is 1. The fraction of sp³-hybridized carbons (Fsp3) is 0.286. The van der Waals surface area contributed by atoms with E-state index in [-0.39, 0.29) is 11.2 Å². The predicted molar refractivity (Wildman–Crippen MR) is 80.2 cm³/mol. The average Bonchev–Trinajstić information content (AvgIpc) is 2.84. The van der Waals surface area contributed by atoms with Crippen LogP contribution in [0.3, 0.4) is 0 Å². The van der Waals surface area contributed by atoms with Crippen LogP contribution in [0.4, 0.5) is 5.69 Å². The van der Waals surface area contributed by atoms with E-state index in [2.05, 4.69) is 10.3 Å². The molecular weight excluding hydrogens is 274 g/mol. The van der Waals surface area contributed by atoms with Gasteiger partial charge in [0.2, 0.25) is 5.91 Å². The van der Waals surface area contributed by atoms with Gasteiger partial charge in [0.15, 0.2) is 5.16 Å². The molecule has 2 aromatic rings. The lowest BCUT2D eigenvalue weighted by Gasteiger charge is -2.12. The summed E-state index contributed by atoms with van der Waals surface area (Å²) in [5.74, 6) is 0.651. The van der Waals surface area contributed by atoms with Gasteiger partial charge < -0.3 is 14.6 Å². The van der Waals surface area contributed by atoms with Crippen LogP contribution < -0.4 is 10.1 Å². The smallest absolute Gasteiger partial charge is 0.237 e. The van der Waals surface area contributed by atoms with Crippen LogP contribution in [-0.4, -0.2) is 27.8 Å². The summed E-state index contributed by atoms with van der Waals surface area (Å²) in [6.07, 6.45) is 3.57. The van der Waals surface area contributed by atoms with E-state index in [0.717, 1.165) is 10.8 Å². The molecule has 1 N–H and O–H groups in total. The molecule has 1 amide bonds. The maximum atomic E-state index is 12.1. The first kappa shape index (κ1) is 14.5. The molecule has 1 unspecified atom stereocenters. The van der Waals surface area contributed by atoms with E-state index in [1.165, 1.54) is 11.8 Å². The summed E-state index contributed by atoms with van der Waals surface area (Å²) in [6.45, 7) is 1.86. The van der Waals surface area contributed by atoms with Gasteiger partial charge in [-0.3, -0.25) is 4.79 Å². The highest BCUT2D eigenvalue weighted by Crippen LogP contribution is 2.23. The third-order valence-corrected chi connectivity index (χ3v) is 3.94. The number of nitrogens with zero attached hydrogens (tertiary/aromatic N) is 2. The maximum absolute atomic E-state index is 12.1. The van der Waals surface area contributed by atoms with Crippen molar-refractivity contribution >= 4 is 23.4 Å². The van der Waals surface area contributed by atoms with Crippen molar-refractivity contribution in [2.45, 2.75) is 17.3 Å². The maximum Gasteiger partial charge on any atom is 0.237 e. The summed E-state index contributed by atoms with van der Waals surface area (Å²) in [4.78, 5) is 16.3. The molecule has 106 valence electrons. The number of rotatable bonds is 5. The molecule has 1 atom stereocenters. The highest BCUT2D eigenvalue weighted by molar-refractivity contribution is 8.00. The summed E-state index contributed by atoms with van der Waals surface area (Å²) in [7, 11) is 3.50. The van der Waals surface area contributed by atoms with Crippen LogP contribution in [0.1, 0.15) is 6.92 Å². The molecule has 0 spiro atoms. The highest BCUT2D eigenvalue weighted by Gasteiger charge is 2.16. The van der Waals surface area contributed by atoms with Gasteiger partial charge in [0, 0.05) is 31.2 Å². The number of hydrogen-bond donors (Lipinski definition) is 1. The van der Waals surface area contributed by atoms with Gasteiger partial charge in [0.1, 0.15) is 5.75 Å². The number of methoxy groups -OCH3 is 1. The first-order chi connectivity index (χ1) is 9.60. The van der Waals surface area contributed by atoms with Crippen LogP contribution >= 0.6 is 11.8 Å². The van der Waals surface area contributed by atoms with Crippen molar-refractivity contribution in [2.24, 2.45) is 7.05 Å². The van der Waals surface area contributed by atoms with Crippen LogP contribution in [0.15, 0.2) is 41.8 Å². The minimum atomic E-state index is -0.234. The summed E-state index contributed by atoms with van der Waals surface area (Å²) in [5.41, 5.74) is 0.724. The molecule has 20 heavy (non-hydrogen) atoms. The third kappa shape index (κ3) is 3.54. The van der Waals surface area contributed by atoms with Crippen molar-refractivity contribution in [2.75, 3.05) is 12.4 Å². The SMILES string of the molecule is COc1cccc(NC(=O)C(C)Sc2nccn2C)c1. The van der Waals surface area contributed by atoms with Crippen LogP contribution in [0.2, 0.25) is 0 Å². The normalized spacial score (nSPS) is 11.9. The quantitative estimate of drug-likeness (QED) is 0.860. The monoisotopic (exact) mass is 291 g/mol. The van der Waals surface area contributed by atoms with E-state index in [1.54, 1.807) is 19.4 Å². The first-order valence-electron chi connectivity index (χ1n) is 6.19. The average molecular weight is 291 g/mol. The Morgan fingerprint density at radius 2 is 2.30 bits per heavy atom. The molecular formula is C14H17N3O2S. The number of benzene rings is 1. The van der Waals surface area contributed by atoms with E-state index in [9.17, 15) is 4.79 Å². The summed E-state index contributed by atoms with van der Waals surface area (Å²) in [6, 6.07) is 7.29. The number of amides is 1. The minimum absolute atomic E-state index is 0.0637.